The van der Waals surface area contributed by atoms with Crippen LogP contribution in [0.15, 0.2) is 22.7 Å². The minimum Gasteiger partial charge on any atom is -0.467 e. The zero-order valence-corrected chi connectivity index (χ0v) is 9.97. The average Bonchev–Trinajstić information content (AvgIpc) is 2.22. The topological polar surface area (TPSA) is 38.3 Å². The van der Waals surface area contributed by atoms with Crippen LogP contribution in [0.1, 0.15) is 6.92 Å². The molecule has 0 aromatic heterocycles. The van der Waals surface area contributed by atoms with Gasteiger partial charge in [-0.05, 0) is 41.1 Å². The van der Waals surface area contributed by atoms with Crippen LogP contribution in [-0.4, -0.2) is 19.1 Å². The molecule has 0 bridgehead atoms. The normalized spacial score (nSPS) is 12.0. The Morgan fingerprint density at radius 1 is 1.60 bits per heavy atom. The van der Waals surface area contributed by atoms with Gasteiger partial charge in [0.2, 0.25) is 0 Å². The molecule has 1 aromatic rings. The van der Waals surface area contributed by atoms with Gasteiger partial charge in [0.1, 0.15) is 11.9 Å². The van der Waals surface area contributed by atoms with Crippen molar-refractivity contribution in [1.29, 1.82) is 0 Å². The molecule has 0 saturated heterocycles. The molecule has 0 heterocycles. The van der Waals surface area contributed by atoms with Gasteiger partial charge in [0.05, 0.1) is 11.6 Å². The number of carbonyl (C=O) groups is 1. The highest BCUT2D eigenvalue weighted by Gasteiger charge is 2.12. The molecule has 0 radical (unpaired) electrons. The highest BCUT2D eigenvalue weighted by Crippen LogP contribution is 2.20. The number of benzene rings is 1. The standard InChI is InChI=1S/C10H11BrFNO2/c1-6(10(14)15-2)13-7-3-4-9(12)8(11)5-7/h3-6,13H,1-2H3. The lowest BCUT2D eigenvalue weighted by Gasteiger charge is -2.12. The monoisotopic (exact) mass is 275 g/mol. The Kier molecular flexibility index (Phi) is 4.08. The molecule has 1 N–H and O–H groups in total. The van der Waals surface area contributed by atoms with Gasteiger partial charge in [0.25, 0.3) is 0 Å². The lowest BCUT2D eigenvalue weighted by molar-refractivity contribution is -0.141. The first-order valence-electron chi connectivity index (χ1n) is 4.34. The van der Waals surface area contributed by atoms with Crippen LogP contribution in [0.2, 0.25) is 0 Å². The maximum Gasteiger partial charge on any atom is 0.327 e. The van der Waals surface area contributed by atoms with Gasteiger partial charge >= 0.3 is 5.97 Å². The van der Waals surface area contributed by atoms with E-state index in [2.05, 4.69) is 26.0 Å². The second-order valence-electron chi connectivity index (χ2n) is 3.02. The zero-order chi connectivity index (χ0) is 11.4. The van der Waals surface area contributed by atoms with E-state index in [0.29, 0.717) is 10.2 Å². The Morgan fingerprint density at radius 2 is 2.27 bits per heavy atom. The molecule has 1 unspecified atom stereocenters. The summed E-state index contributed by atoms with van der Waals surface area (Å²) in [6, 6.07) is 3.97. The maximum atomic E-state index is 12.9. The summed E-state index contributed by atoms with van der Waals surface area (Å²) in [4.78, 5) is 11.1. The van der Waals surface area contributed by atoms with Crippen molar-refractivity contribution in [3.63, 3.8) is 0 Å². The first kappa shape index (κ1) is 12.0. The minimum atomic E-state index is -0.465. The average molecular weight is 276 g/mol. The summed E-state index contributed by atoms with van der Waals surface area (Å²) in [5, 5.41) is 2.89. The number of hydrogen-bond acceptors (Lipinski definition) is 3. The third-order valence-electron chi connectivity index (χ3n) is 1.86. The number of anilines is 1. The van der Waals surface area contributed by atoms with E-state index < -0.39 is 6.04 Å². The van der Waals surface area contributed by atoms with E-state index in [4.69, 9.17) is 0 Å². The van der Waals surface area contributed by atoms with Crippen molar-refractivity contribution >= 4 is 27.6 Å². The summed E-state index contributed by atoms with van der Waals surface area (Å²) >= 11 is 3.06. The fraction of sp³-hybridized carbons (Fsp3) is 0.300. The van der Waals surface area contributed by atoms with E-state index in [1.165, 1.54) is 13.2 Å². The van der Waals surface area contributed by atoms with Crippen LogP contribution in [0.5, 0.6) is 0 Å². The number of hydrogen-bond donors (Lipinski definition) is 1. The largest absolute Gasteiger partial charge is 0.467 e. The zero-order valence-electron chi connectivity index (χ0n) is 8.38. The summed E-state index contributed by atoms with van der Waals surface area (Å²) in [7, 11) is 1.32. The molecule has 0 saturated carbocycles. The molecule has 1 aromatic carbocycles. The minimum absolute atomic E-state index is 0.341. The Bertz CT molecular complexity index is 370. The Hall–Kier alpha value is -1.10. The van der Waals surface area contributed by atoms with E-state index in [9.17, 15) is 9.18 Å². The van der Waals surface area contributed by atoms with Gasteiger partial charge in [-0.25, -0.2) is 9.18 Å². The van der Waals surface area contributed by atoms with Crippen LogP contribution in [0.3, 0.4) is 0 Å². The molecule has 1 rings (SSSR count). The summed E-state index contributed by atoms with van der Waals surface area (Å²) < 4.78 is 17.8. The van der Waals surface area contributed by atoms with Crippen LogP contribution in [-0.2, 0) is 9.53 Å². The lowest BCUT2D eigenvalue weighted by atomic mass is 10.2. The number of rotatable bonds is 3. The van der Waals surface area contributed by atoms with Crippen molar-refractivity contribution in [2.24, 2.45) is 0 Å². The highest BCUT2D eigenvalue weighted by molar-refractivity contribution is 9.10. The van der Waals surface area contributed by atoms with Gasteiger partial charge in [-0.2, -0.15) is 0 Å². The second-order valence-corrected chi connectivity index (χ2v) is 3.87. The first-order valence-corrected chi connectivity index (χ1v) is 5.13. The number of ether oxygens (including phenoxy) is 1. The van der Waals surface area contributed by atoms with E-state index in [0.717, 1.165) is 0 Å². The molecular weight excluding hydrogens is 265 g/mol. The predicted molar refractivity (Wildman–Crippen MR) is 59.2 cm³/mol. The molecule has 3 nitrogen and oxygen atoms in total. The Balaban J connectivity index is 2.73. The highest BCUT2D eigenvalue weighted by atomic mass is 79.9. The van der Waals surface area contributed by atoms with Crippen LogP contribution < -0.4 is 5.32 Å². The van der Waals surface area contributed by atoms with Crippen molar-refractivity contribution in [2.45, 2.75) is 13.0 Å². The van der Waals surface area contributed by atoms with Crippen LogP contribution in [0.25, 0.3) is 0 Å². The van der Waals surface area contributed by atoms with Gasteiger partial charge in [-0.15, -0.1) is 0 Å². The molecule has 0 amide bonds. The molecule has 1 atom stereocenters. The fourth-order valence-electron chi connectivity index (χ4n) is 1.07. The summed E-state index contributed by atoms with van der Waals surface area (Å²) in [5.41, 5.74) is 0.654. The number of nitrogens with one attached hydrogen (secondary N) is 1. The number of esters is 1. The molecule has 0 aliphatic carbocycles. The quantitative estimate of drug-likeness (QED) is 0.862. The first-order chi connectivity index (χ1) is 7.04. The van der Waals surface area contributed by atoms with E-state index in [1.54, 1.807) is 19.1 Å². The summed E-state index contributed by atoms with van der Waals surface area (Å²) in [6.45, 7) is 1.67. The van der Waals surface area contributed by atoms with Gasteiger partial charge in [-0.1, -0.05) is 0 Å². The summed E-state index contributed by atoms with van der Waals surface area (Å²) in [5.74, 6) is -0.707. The third-order valence-corrected chi connectivity index (χ3v) is 2.47. The molecule has 0 aliphatic heterocycles. The smallest absolute Gasteiger partial charge is 0.327 e. The van der Waals surface area contributed by atoms with Crippen molar-refractivity contribution in [2.75, 3.05) is 12.4 Å². The molecule has 5 heteroatoms. The molecule has 15 heavy (non-hydrogen) atoms. The van der Waals surface area contributed by atoms with Gasteiger partial charge in [-0.3, -0.25) is 0 Å². The van der Waals surface area contributed by atoms with Gasteiger partial charge in [0.15, 0.2) is 0 Å². The SMILES string of the molecule is COC(=O)C(C)Nc1ccc(F)c(Br)c1. The molecule has 0 spiro atoms. The predicted octanol–water partition coefficient (Wildman–Crippen LogP) is 2.56. The number of halogens is 2. The van der Waals surface area contributed by atoms with E-state index >= 15 is 0 Å². The van der Waals surface area contributed by atoms with Crippen molar-refractivity contribution in [1.82, 2.24) is 0 Å². The Labute approximate surface area is 95.7 Å². The molecule has 0 fully saturated rings. The lowest BCUT2D eigenvalue weighted by Crippen LogP contribution is -2.27. The molecule has 0 aliphatic rings. The van der Waals surface area contributed by atoms with Gasteiger partial charge in [0, 0.05) is 5.69 Å². The van der Waals surface area contributed by atoms with Gasteiger partial charge < -0.3 is 10.1 Å². The fourth-order valence-corrected chi connectivity index (χ4v) is 1.45. The van der Waals surface area contributed by atoms with E-state index in [-0.39, 0.29) is 11.8 Å². The number of methoxy groups -OCH3 is 1. The van der Waals surface area contributed by atoms with Crippen molar-refractivity contribution in [3.8, 4) is 0 Å². The molecular formula is C10H11BrFNO2. The maximum absolute atomic E-state index is 12.9. The third kappa shape index (κ3) is 3.20. The Morgan fingerprint density at radius 3 is 2.80 bits per heavy atom. The van der Waals surface area contributed by atoms with Crippen molar-refractivity contribution < 1.29 is 13.9 Å². The number of carbonyl (C=O) groups excluding carboxylic acids is 1. The van der Waals surface area contributed by atoms with Crippen LogP contribution in [0.4, 0.5) is 10.1 Å². The van der Waals surface area contributed by atoms with Crippen LogP contribution in [0, 0.1) is 5.82 Å². The second kappa shape index (κ2) is 5.11. The van der Waals surface area contributed by atoms with Crippen molar-refractivity contribution in [3.05, 3.63) is 28.5 Å². The van der Waals surface area contributed by atoms with E-state index in [1.807, 2.05) is 0 Å². The van der Waals surface area contributed by atoms with Crippen LogP contribution >= 0.6 is 15.9 Å². The molecule has 82 valence electrons. The summed E-state index contributed by atoms with van der Waals surface area (Å²) in [6.07, 6.45) is 0.